The van der Waals surface area contributed by atoms with Crippen molar-refractivity contribution < 1.29 is 14.3 Å². The van der Waals surface area contributed by atoms with E-state index in [-0.39, 0.29) is 24.8 Å². The van der Waals surface area contributed by atoms with Gasteiger partial charge in [0, 0.05) is 18.7 Å². The van der Waals surface area contributed by atoms with E-state index >= 15 is 0 Å². The van der Waals surface area contributed by atoms with E-state index in [1.54, 1.807) is 4.90 Å². The summed E-state index contributed by atoms with van der Waals surface area (Å²) in [5.41, 5.74) is 4.88. The van der Waals surface area contributed by atoms with Crippen LogP contribution in [0.2, 0.25) is 0 Å². The maximum absolute atomic E-state index is 12.2. The fraction of sp³-hybridized carbons (Fsp3) is 0.300. The zero-order chi connectivity index (χ0) is 18.0. The molecule has 2 aromatic carbocycles. The van der Waals surface area contributed by atoms with Crippen LogP contribution < -0.4 is 15.0 Å². The molecule has 0 fully saturated rings. The Kier molecular flexibility index (Phi) is 4.74. The Morgan fingerprint density at radius 1 is 1.12 bits per heavy atom. The van der Waals surface area contributed by atoms with Crippen LogP contribution in [0.15, 0.2) is 36.4 Å². The first-order valence-electron chi connectivity index (χ1n) is 8.35. The van der Waals surface area contributed by atoms with E-state index in [2.05, 4.69) is 5.32 Å². The van der Waals surface area contributed by atoms with E-state index in [0.29, 0.717) is 12.3 Å². The molecule has 0 aliphatic carbocycles. The third-order valence-corrected chi connectivity index (χ3v) is 4.41. The summed E-state index contributed by atoms with van der Waals surface area (Å²) in [6.07, 6.45) is 0.228. The molecule has 3 rings (SSSR count). The standard InChI is InChI=1S/C20H22N2O3/c1-13-4-7-17-18(10-13)25-12-20(24)22(17)9-8-19(23)21-16-6-5-14(2)15(3)11-16/h4-7,10-11H,8-9,12H2,1-3H3,(H,21,23). The number of nitrogens with zero attached hydrogens (tertiary/aromatic N) is 1. The first kappa shape index (κ1) is 17.0. The lowest BCUT2D eigenvalue weighted by atomic mass is 10.1. The maximum atomic E-state index is 12.2. The molecule has 0 saturated carbocycles. The molecule has 0 unspecified atom stereocenters. The van der Waals surface area contributed by atoms with Gasteiger partial charge in [0.2, 0.25) is 5.91 Å². The summed E-state index contributed by atoms with van der Waals surface area (Å²) in [5.74, 6) is 0.445. The molecule has 5 heteroatoms. The minimum Gasteiger partial charge on any atom is -0.482 e. The third-order valence-electron chi connectivity index (χ3n) is 4.41. The number of carbonyl (C=O) groups excluding carboxylic acids is 2. The minimum absolute atomic E-state index is 0.00916. The first-order chi connectivity index (χ1) is 11.9. The molecular weight excluding hydrogens is 316 g/mol. The molecule has 1 aliphatic rings. The van der Waals surface area contributed by atoms with Gasteiger partial charge < -0.3 is 15.0 Å². The smallest absolute Gasteiger partial charge is 0.265 e. The van der Waals surface area contributed by atoms with Crippen molar-refractivity contribution in [3.8, 4) is 5.75 Å². The van der Waals surface area contributed by atoms with Crippen LogP contribution >= 0.6 is 0 Å². The van der Waals surface area contributed by atoms with Crippen LogP contribution in [-0.2, 0) is 9.59 Å². The van der Waals surface area contributed by atoms with Gasteiger partial charge in [0.05, 0.1) is 5.69 Å². The van der Waals surface area contributed by atoms with Gasteiger partial charge in [-0.15, -0.1) is 0 Å². The molecule has 1 N–H and O–H groups in total. The largest absolute Gasteiger partial charge is 0.482 e. The number of carbonyl (C=O) groups is 2. The van der Waals surface area contributed by atoms with Crippen LogP contribution in [0.5, 0.6) is 5.75 Å². The molecule has 0 saturated heterocycles. The zero-order valence-corrected chi connectivity index (χ0v) is 14.8. The number of hydrogen-bond donors (Lipinski definition) is 1. The average Bonchev–Trinajstić information content (AvgIpc) is 2.57. The summed E-state index contributed by atoms with van der Waals surface area (Å²) in [6, 6.07) is 11.5. The van der Waals surface area contributed by atoms with Crippen LogP contribution in [0.25, 0.3) is 0 Å². The Morgan fingerprint density at radius 3 is 2.68 bits per heavy atom. The number of hydrogen-bond acceptors (Lipinski definition) is 3. The van der Waals surface area contributed by atoms with Gasteiger partial charge in [-0.05, 0) is 61.7 Å². The summed E-state index contributed by atoms with van der Waals surface area (Å²) >= 11 is 0. The maximum Gasteiger partial charge on any atom is 0.265 e. The molecule has 130 valence electrons. The fourth-order valence-electron chi connectivity index (χ4n) is 2.81. The van der Waals surface area contributed by atoms with Crippen molar-refractivity contribution in [2.45, 2.75) is 27.2 Å². The lowest BCUT2D eigenvalue weighted by Gasteiger charge is -2.29. The number of aryl methyl sites for hydroxylation is 3. The van der Waals surface area contributed by atoms with Crippen LogP contribution in [0, 0.1) is 20.8 Å². The van der Waals surface area contributed by atoms with Crippen LogP contribution in [0.3, 0.4) is 0 Å². The molecule has 0 spiro atoms. The van der Waals surface area contributed by atoms with Gasteiger partial charge in [0.15, 0.2) is 6.61 Å². The van der Waals surface area contributed by atoms with E-state index in [1.807, 2.05) is 57.2 Å². The van der Waals surface area contributed by atoms with Crippen molar-refractivity contribution >= 4 is 23.2 Å². The highest BCUT2D eigenvalue weighted by molar-refractivity contribution is 5.99. The summed E-state index contributed by atoms with van der Waals surface area (Å²) in [4.78, 5) is 26.0. The minimum atomic E-state index is -0.129. The van der Waals surface area contributed by atoms with E-state index in [0.717, 1.165) is 22.5 Å². The van der Waals surface area contributed by atoms with Crippen LogP contribution in [-0.4, -0.2) is 25.0 Å². The molecule has 0 atom stereocenters. The number of fused-ring (bicyclic) bond motifs is 1. The second kappa shape index (κ2) is 6.97. The van der Waals surface area contributed by atoms with Gasteiger partial charge >= 0.3 is 0 Å². The fourth-order valence-corrected chi connectivity index (χ4v) is 2.81. The number of anilines is 2. The second-order valence-corrected chi connectivity index (χ2v) is 6.40. The summed E-state index contributed by atoms with van der Waals surface area (Å²) < 4.78 is 5.48. The Balaban J connectivity index is 1.65. The SMILES string of the molecule is Cc1ccc2c(c1)OCC(=O)N2CCC(=O)Nc1ccc(C)c(C)c1. The summed E-state index contributed by atoms with van der Waals surface area (Å²) in [5, 5.41) is 2.89. The van der Waals surface area contributed by atoms with E-state index < -0.39 is 0 Å². The van der Waals surface area contributed by atoms with Crippen LogP contribution in [0.1, 0.15) is 23.1 Å². The molecule has 0 bridgehead atoms. The molecule has 2 aromatic rings. The van der Waals surface area contributed by atoms with Gasteiger partial charge in [-0.3, -0.25) is 9.59 Å². The summed E-state index contributed by atoms with van der Waals surface area (Å²) in [6.45, 7) is 6.35. The second-order valence-electron chi connectivity index (χ2n) is 6.40. The summed E-state index contributed by atoms with van der Waals surface area (Å²) in [7, 11) is 0. The van der Waals surface area contributed by atoms with Gasteiger partial charge in [0.25, 0.3) is 5.91 Å². The lowest BCUT2D eigenvalue weighted by Crippen LogP contribution is -2.40. The number of ether oxygens (including phenoxy) is 1. The van der Waals surface area contributed by atoms with Crippen molar-refractivity contribution in [1.82, 2.24) is 0 Å². The lowest BCUT2D eigenvalue weighted by molar-refractivity contribution is -0.121. The molecule has 0 aromatic heterocycles. The average molecular weight is 338 g/mol. The highest BCUT2D eigenvalue weighted by atomic mass is 16.5. The molecule has 1 heterocycles. The zero-order valence-electron chi connectivity index (χ0n) is 14.8. The molecule has 25 heavy (non-hydrogen) atoms. The normalized spacial score (nSPS) is 13.2. The van der Waals surface area contributed by atoms with Crippen molar-refractivity contribution in [2.75, 3.05) is 23.4 Å². The molecule has 1 aliphatic heterocycles. The van der Waals surface area contributed by atoms with Crippen molar-refractivity contribution in [3.63, 3.8) is 0 Å². The van der Waals surface area contributed by atoms with Crippen molar-refractivity contribution in [1.29, 1.82) is 0 Å². The topological polar surface area (TPSA) is 58.6 Å². The number of rotatable bonds is 4. The predicted molar refractivity (Wildman–Crippen MR) is 98.2 cm³/mol. The first-order valence-corrected chi connectivity index (χ1v) is 8.35. The van der Waals surface area contributed by atoms with Crippen molar-refractivity contribution in [3.05, 3.63) is 53.1 Å². The van der Waals surface area contributed by atoms with E-state index in [9.17, 15) is 9.59 Å². The van der Waals surface area contributed by atoms with Crippen LogP contribution in [0.4, 0.5) is 11.4 Å². The Labute approximate surface area is 147 Å². The van der Waals surface area contributed by atoms with E-state index in [4.69, 9.17) is 4.74 Å². The van der Waals surface area contributed by atoms with Crippen molar-refractivity contribution in [2.24, 2.45) is 0 Å². The number of amides is 2. The molecule has 5 nitrogen and oxygen atoms in total. The number of nitrogens with one attached hydrogen (secondary N) is 1. The highest BCUT2D eigenvalue weighted by Crippen LogP contribution is 2.32. The quantitative estimate of drug-likeness (QED) is 0.930. The highest BCUT2D eigenvalue weighted by Gasteiger charge is 2.25. The predicted octanol–water partition coefficient (Wildman–Crippen LogP) is 3.37. The van der Waals surface area contributed by atoms with Gasteiger partial charge in [-0.1, -0.05) is 12.1 Å². The monoisotopic (exact) mass is 338 g/mol. The van der Waals surface area contributed by atoms with E-state index in [1.165, 1.54) is 5.56 Å². The van der Waals surface area contributed by atoms with Gasteiger partial charge in [0.1, 0.15) is 5.75 Å². The van der Waals surface area contributed by atoms with Gasteiger partial charge in [-0.25, -0.2) is 0 Å². The molecule has 2 amide bonds. The Bertz CT molecular complexity index is 830. The Morgan fingerprint density at radius 2 is 1.92 bits per heavy atom. The number of benzene rings is 2. The third kappa shape index (κ3) is 3.82. The van der Waals surface area contributed by atoms with Gasteiger partial charge in [-0.2, -0.15) is 0 Å². The molecule has 0 radical (unpaired) electrons. The molecular formula is C20H22N2O3. The Hall–Kier alpha value is -2.82.